The van der Waals surface area contributed by atoms with Crippen LogP contribution in [0.1, 0.15) is 48.1 Å². The van der Waals surface area contributed by atoms with E-state index in [1.807, 2.05) is 19.1 Å². The Morgan fingerprint density at radius 2 is 1.95 bits per heavy atom. The summed E-state index contributed by atoms with van der Waals surface area (Å²) < 4.78 is 0. The highest BCUT2D eigenvalue weighted by Crippen LogP contribution is 2.21. The second kappa shape index (κ2) is 5.91. The van der Waals surface area contributed by atoms with Crippen molar-refractivity contribution in [3.05, 3.63) is 52.8 Å². The van der Waals surface area contributed by atoms with E-state index in [2.05, 4.69) is 53.6 Å². The Morgan fingerprint density at radius 3 is 2.48 bits per heavy atom. The molecule has 2 N–H and O–H groups in total. The van der Waals surface area contributed by atoms with Crippen molar-refractivity contribution in [2.75, 3.05) is 0 Å². The maximum atomic E-state index is 11.7. The number of hydrazone groups is 1. The molecule has 21 heavy (non-hydrogen) atoms. The number of amides is 1. The molecule has 110 valence electrons. The number of nitrogens with zero attached hydrogens (tertiary/aromatic N) is 2. The van der Waals surface area contributed by atoms with Crippen molar-refractivity contribution < 1.29 is 4.79 Å². The lowest BCUT2D eigenvalue weighted by molar-refractivity contribution is 0.0950. The zero-order chi connectivity index (χ0) is 15.5. The monoisotopic (exact) mass is 284 g/mol. The SMILES string of the molecule is Cc1cc(C(=O)N/N=C\c2ccc(C(C)(C)C)cc2)n[nH]1. The van der Waals surface area contributed by atoms with Gasteiger partial charge < -0.3 is 0 Å². The molecule has 0 atom stereocenters. The summed E-state index contributed by atoms with van der Waals surface area (Å²) in [4.78, 5) is 11.7. The molecule has 5 nitrogen and oxygen atoms in total. The highest BCUT2D eigenvalue weighted by atomic mass is 16.2. The van der Waals surface area contributed by atoms with Crippen molar-refractivity contribution >= 4 is 12.1 Å². The summed E-state index contributed by atoms with van der Waals surface area (Å²) in [6.07, 6.45) is 1.61. The summed E-state index contributed by atoms with van der Waals surface area (Å²) >= 11 is 0. The second-order valence-corrected chi connectivity index (χ2v) is 6.01. The summed E-state index contributed by atoms with van der Waals surface area (Å²) in [5.74, 6) is -0.332. The maximum absolute atomic E-state index is 11.7. The quantitative estimate of drug-likeness (QED) is 0.672. The van der Waals surface area contributed by atoms with Crippen molar-refractivity contribution in [2.45, 2.75) is 33.1 Å². The molecule has 0 aliphatic heterocycles. The third-order valence-electron chi connectivity index (χ3n) is 3.09. The highest BCUT2D eigenvalue weighted by Gasteiger charge is 2.12. The number of nitrogens with one attached hydrogen (secondary N) is 2. The largest absolute Gasteiger partial charge is 0.291 e. The topological polar surface area (TPSA) is 70.1 Å². The molecule has 5 heteroatoms. The molecule has 1 heterocycles. The predicted molar refractivity (Wildman–Crippen MR) is 83.5 cm³/mol. The van der Waals surface area contributed by atoms with Crippen LogP contribution in [-0.2, 0) is 5.41 Å². The Labute approximate surface area is 124 Å². The lowest BCUT2D eigenvalue weighted by atomic mass is 9.87. The van der Waals surface area contributed by atoms with Crippen molar-refractivity contribution in [3.8, 4) is 0 Å². The minimum absolute atomic E-state index is 0.127. The molecule has 0 saturated carbocycles. The molecule has 2 aromatic rings. The zero-order valence-electron chi connectivity index (χ0n) is 12.8. The van der Waals surface area contributed by atoms with E-state index in [0.29, 0.717) is 5.69 Å². The van der Waals surface area contributed by atoms with Crippen LogP contribution in [0.4, 0.5) is 0 Å². The Hall–Kier alpha value is -2.43. The van der Waals surface area contributed by atoms with Gasteiger partial charge in [0.2, 0.25) is 0 Å². The normalized spacial score (nSPS) is 11.8. The van der Waals surface area contributed by atoms with Crippen LogP contribution in [-0.4, -0.2) is 22.3 Å². The minimum Gasteiger partial charge on any atom is -0.282 e. The number of carbonyl (C=O) groups is 1. The number of benzene rings is 1. The van der Waals surface area contributed by atoms with E-state index in [1.165, 1.54) is 5.56 Å². The van der Waals surface area contributed by atoms with E-state index < -0.39 is 0 Å². The first-order valence-corrected chi connectivity index (χ1v) is 6.82. The lowest BCUT2D eigenvalue weighted by Gasteiger charge is -2.18. The number of rotatable bonds is 3. The van der Waals surface area contributed by atoms with Gasteiger partial charge in [-0.2, -0.15) is 10.2 Å². The number of hydrogen-bond acceptors (Lipinski definition) is 3. The van der Waals surface area contributed by atoms with Crippen LogP contribution in [0.5, 0.6) is 0 Å². The van der Waals surface area contributed by atoms with E-state index in [4.69, 9.17) is 0 Å². The molecule has 1 aromatic heterocycles. The third kappa shape index (κ3) is 4.02. The van der Waals surface area contributed by atoms with Crippen molar-refractivity contribution in [1.82, 2.24) is 15.6 Å². The molecular weight excluding hydrogens is 264 g/mol. The summed E-state index contributed by atoms with van der Waals surface area (Å²) in [5, 5.41) is 10.5. The fourth-order valence-corrected chi connectivity index (χ4v) is 1.83. The van der Waals surface area contributed by atoms with Gasteiger partial charge in [-0.3, -0.25) is 9.89 Å². The molecule has 1 aromatic carbocycles. The molecule has 1 amide bonds. The Balaban J connectivity index is 1.97. The first-order valence-electron chi connectivity index (χ1n) is 6.82. The van der Waals surface area contributed by atoms with Gasteiger partial charge in [-0.1, -0.05) is 45.0 Å². The first-order chi connectivity index (χ1) is 9.86. The van der Waals surface area contributed by atoms with Gasteiger partial charge >= 0.3 is 0 Å². The van der Waals surface area contributed by atoms with Crippen LogP contribution in [0.25, 0.3) is 0 Å². The van der Waals surface area contributed by atoms with E-state index in [-0.39, 0.29) is 11.3 Å². The van der Waals surface area contributed by atoms with Crippen LogP contribution >= 0.6 is 0 Å². The average molecular weight is 284 g/mol. The molecule has 0 aliphatic carbocycles. The van der Waals surface area contributed by atoms with Gasteiger partial charge in [-0.15, -0.1) is 0 Å². The van der Waals surface area contributed by atoms with Gasteiger partial charge in [-0.05, 0) is 29.5 Å². The standard InChI is InChI=1S/C16H20N4O/c1-11-9-14(19-18-11)15(21)20-17-10-12-5-7-13(8-6-12)16(2,3)4/h5-10H,1-4H3,(H,18,19)(H,20,21)/b17-10-. The van der Waals surface area contributed by atoms with Gasteiger partial charge in [-0.25, -0.2) is 5.43 Å². The molecule has 2 rings (SSSR count). The summed E-state index contributed by atoms with van der Waals surface area (Å²) in [7, 11) is 0. The number of H-pyrrole nitrogens is 1. The summed E-state index contributed by atoms with van der Waals surface area (Å²) in [6.45, 7) is 8.34. The number of hydrogen-bond donors (Lipinski definition) is 2. The Kier molecular flexibility index (Phi) is 4.21. The summed E-state index contributed by atoms with van der Waals surface area (Å²) in [5.41, 5.74) is 5.93. The fourth-order valence-electron chi connectivity index (χ4n) is 1.83. The molecule has 0 saturated heterocycles. The molecule has 0 bridgehead atoms. The first kappa shape index (κ1) is 15.0. The van der Waals surface area contributed by atoms with E-state index in [9.17, 15) is 4.79 Å². The zero-order valence-corrected chi connectivity index (χ0v) is 12.8. The molecule has 0 radical (unpaired) electrons. The maximum Gasteiger partial charge on any atom is 0.291 e. The molecule has 0 unspecified atom stereocenters. The van der Waals surface area contributed by atoms with E-state index >= 15 is 0 Å². The average Bonchev–Trinajstić information content (AvgIpc) is 2.85. The van der Waals surface area contributed by atoms with Crippen molar-refractivity contribution in [3.63, 3.8) is 0 Å². The van der Waals surface area contributed by atoms with Gasteiger partial charge in [0.05, 0.1) is 6.21 Å². The number of carbonyl (C=O) groups excluding carboxylic acids is 1. The lowest BCUT2D eigenvalue weighted by Crippen LogP contribution is -2.18. The highest BCUT2D eigenvalue weighted by molar-refractivity contribution is 5.93. The number of aromatic nitrogens is 2. The smallest absolute Gasteiger partial charge is 0.282 e. The molecular formula is C16H20N4O. The van der Waals surface area contributed by atoms with Crippen LogP contribution < -0.4 is 5.43 Å². The van der Waals surface area contributed by atoms with Gasteiger partial charge in [0, 0.05) is 5.69 Å². The third-order valence-corrected chi connectivity index (χ3v) is 3.09. The van der Waals surface area contributed by atoms with Gasteiger partial charge in [0.15, 0.2) is 5.69 Å². The van der Waals surface area contributed by atoms with Gasteiger partial charge in [0.1, 0.15) is 0 Å². The molecule has 0 fully saturated rings. The van der Waals surface area contributed by atoms with Gasteiger partial charge in [0.25, 0.3) is 5.91 Å². The Morgan fingerprint density at radius 1 is 1.29 bits per heavy atom. The Bertz CT molecular complexity index is 648. The predicted octanol–water partition coefficient (Wildman–Crippen LogP) is 2.78. The van der Waals surface area contributed by atoms with Crippen molar-refractivity contribution in [1.29, 1.82) is 0 Å². The van der Waals surface area contributed by atoms with Crippen LogP contribution in [0.3, 0.4) is 0 Å². The molecule has 0 spiro atoms. The van der Waals surface area contributed by atoms with E-state index in [0.717, 1.165) is 11.3 Å². The number of aromatic amines is 1. The minimum atomic E-state index is -0.332. The van der Waals surface area contributed by atoms with Crippen LogP contribution in [0.15, 0.2) is 35.4 Å². The molecule has 0 aliphatic rings. The summed E-state index contributed by atoms with van der Waals surface area (Å²) in [6, 6.07) is 9.77. The van der Waals surface area contributed by atoms with E-state index in [1.54, 1.807) is 12.3 Å². The fraction of sp³-hybridized carbons (Fsp3) is 0.312. The number of aryl methyl sites for hydroxylation is 1. The van der Waals surface area contributed by atoms with Crippen LogP contribution in [0.2, 0.25) is 0 Å². The second-order valence-electron chi connectivity index (χ2n) is 6.01. The van der Waals surface area contributed by atoms with Crippen molar-refractivity contribution in [2.24, 2.45) is 5.10 Å². The van der Waals surface area contributed by atoms with Crippen LogP contribution in [0, 0.1) is 6.92 Å².